The molecule has 12 heteroatoms. The summed E-state index contributed by atoms with van der Waals surface area (Å²) in [7, 11) is 0. The maximum absolute atomic E-state index is 12.5. The van der Waals surface area contributed by atoms with Gasteiger partial charge in [0.15, 0.2) is 16.6 Å². The first-order valence-electron chi connectivity index (χ1n) is 7.82. The number of fused-ring (bicyclic) bond motifs is 1. The molecule has 0 aliphatic carbocycles. The summed E-state index contributed by atoms with van der Waals surface area (Å²) in [4.78, 5) is 52.6. The fraction of sp³-hybridized carbons (Fsp3) is 0.400. The standard InChI is InChI=1S/C15H16N4O6S2/c1-5-11(25-6(2)20)10(14(23)24)19-12(22)9(13(19)27-5)18-8(21)3-7-4-26-15(16)17-7/h4-5,9,13H,3H2,1-2H3,(H2,16,17)(H,18,21)(H,23,24)/t5?,9?,13-/m1/s1. The van der Waals surface area contributed by atoms with Gasteiger partial charge in [0.05, 0.1) is 17.4 Å². The van der Waals surface area contributed by atoms with E-state index in [1.165, 1.54) is 23.1 Å². The van der Waals surface area contributed by atoms with Crippen molar-refractivity contribution in [3.05, 3.63) is 22.5 Å². The molecule has 0 aromatic carbocycles. The predicted octanol–water partition coefficient (Wildman–Crippen LogP) is -0.0845. The van der Waals surface area contributed by atoms with Crippen LogP contribution in [-0.4, -0.2) is 55.4 Å². The number of esters is 1. The number of aromatic nitrogens is 1. The van der Waals surface area contributed by atoms with E-state index in [-0.39, 0.29) is 17.9 Å². The van der Waals surface area contributed by atoms with Crippen LogP contribution in [0.5, 0.6) is 0 Å². The van der Waals surface area contributed by atoms with E-state index in [9.17, 15) is 24.3 Å². The summed E-state index contributed by atoms with van der Waals surface area (Å²) in [5.41, 5.74) is 5.64. The number of nitrogens with zero attached hydrogens (tertiary/aromatic N) is 2. The second-order valence-corrected chi connectivity index (χ2v) is 8.24. The summed E-state index contributed by atoms with van der Waals surface area (Å²) in [5.74, 6) is -3.12. The van der Waals surface area contributed by atoms with Crippen LogP contribution in [0, 0.1) is 0 Å². The monoisotopic (exact) mass is 412 g/mol. The Morgan fingerprint density at radius 2 is 2.15 bits per heavy atom. The van der Waals surface area contributed by atoms with Gasteiger partial charge in [-0.2, -0.15) is 0 Å². The van der Waals surface area contributed by atoms with Gasteiger partial charge in [-0.25, -0.2) is 9.78 Å². The van der Waals surface area contributed by atoms with Gasteiger partial charge in [0.25, 0.3) is 5.91 Å². The fourth-order valence-electron chi connectivity index (χ4n) is 2.84. The maximum atomic E-state index is 12.5. The van der Waals surface area contributed by atoms with E-state index in [1.807, 2.05) is 0 Å². The molecule has 0 saturated carbocycles. The number of hydrogen-bond donors (Lipinski definition) is 3. The molecule has 2 aliphatic rings. The van der Waals surface area contributed by atoms with Crippen molar-refractivity contribution in [1.82, 2.24) is 15.2 Å². The van der Waals surface area contributed by atoms with E-state index >= 15 is 0 Å². The number of nitrogen functional groups attached to an aromatic ring is 1. The number of anilines is 1. The molecule has 27 heavy (non-hydrogen) atoms. The molecule has 1 aromatic heterocycles. The number of nitrogens with two attached hydrogens (primary N) is 1. The Hall–Kier alpha value is -2.60. The van der Waals surface area contributed by atoms with Crippen LogP contribution in [0.2, 0.25) is 0 Å². The lowest BCUT2D eigenvalue weighted by Crippen LogP contribution is -2.71. The van der Waals surface area contributed by atoms with Crippen LogP contribution in [-0.2, 0) is 30.3 Å². The molecule has 4 N–H and O–H groups in total. The number of nitrogens with one attached hydrogen (secondary N) is 1. The first kappa shape index (κ1) is 19.2. The van der Waals surface area contributed by atoms with Gasteiger partial charge in [-0.3, -0.25) is 19.3 Å². The minimum Gasteiger partial charge on any atom is -0.476 e. The van der Waals surface area contributed by atoms with Gasteiger partial charge in [0.2, 0.25) is 5.91 Å². The van der Waals surface area contributed by atoms with E-state index in [1.54, 1.807) is 12.3 Å². The van der Waals surface area contributed by atoms with Gasteiger partial charge in [0, 0.05) is 12.3 Å². The Labute approximate surface area is 161 Å². The lowest BCUT2D eigenvalue weighted by Gasteiger charge is -2.50. The summed E-state index contributed by atoms with van der Waals surface area (Å²) >= 11 is 2.44. The molecule has 3 heterocycles. The van der Waals surface area contributed by atoms with Crippen molar-refractivity contribution in [2.45, 2.75) is 36.9 Å². The van der Waals surface area contributed by atoms with Gasteiger partial charge < -0.3 is 20.9 Å². The quantitative estimate of drug-likeness (QED) is 0.445. The van der Waals surface area contributed by atoms with E-state index in [0.29, 0.717) is 10.8 Å². The van der Waals surface area contributed by atoms with Gasteiger partial charge in [-0.05, 0) is 6.92 Å². The molecule has 3 atom stereocenters. The average Bonchev–Trinajstić information content (AvgIpc) is 2.98. The summed E-state index contributed by atoms with van der Waals surface area (Å²) in [5, 5.41) is 13.0. The third-order valence-corrected chi connectivity index (χ3v) is 6.02. The number of β-lactam (4-membered cyclic amide) rings is 1. The van der Waals surface area contributed by atoms with Crippen molar-refractivity contribution in [2.75, 3.05) is 5.73 Å². The highest BCUT2D eigenvalue weighted by molar-refractivity contribution is 8.00. The molecule has 2 aliphatic heterocycles. The van der Waals surface area contributed by atoms with Crippen LogP contribution in [0.15, 0.2) is 16.8 Å². The number of thiazole rings is 1. The maximum Gasteiger partial charge on any atom is 0.356 e. The minimum atomic E-state index is -1.38. The molecule has 10 nitrogen and oxygen atoms in total. The molecule has 144 valence electrons. The summed E-state index contributed by atoms with van der Waals surface area (Å²) in [6, 6.07) is -0.867. The van der Waals surface area contributed by atoms with Gasteiger partial charge in [-0.1, -0.05) is 0 Å². The van der Waals surface area contributed by atoms with Gasteiger partial charge in [0.1, 0.15) is 11.4 Å². The molecule has 3 rings (SSSR count). The Balaban J connectivity index is 1.76. The van der Waals surface area contributed by atoms with Crippen LogP contribution in [0.3, 0.4) is 0 Å². The van der Waals surface area contributed by atoms with Crippen LogP contribution < -0.4 is 11.1 Å². The Morgan fingerprint density at radius 1 is 1.44 bits per heavy atom. The van der Waals surface area contributed by atoms with Crippen molar-refractivity contribution in [1.29, 1.82) is 0 Å². The van der Waals surface area contributed by atoms with Crippen molar-refractivity contribution in [3.8, 4) is 0 Å². The number of carboxylic acids is 1. The summed E-state index contributed by atoms with van der Waals surface area (Å²) in [6.07, 6.45) is -0.0370. The zero-order valence-electron chi connectivity index (χ0n) is 14.3. The normalized spacial score (nSPS) is 24.1. The van der Waals surface area contributed by atoms with E-state index < -0.39 is 40.4 Å². The fourth-order valence-corrected chi connectivity index (χ4v) is 4.78. The lowest BCUT2D eigenvalue weighted by molar-refractivity contribution is -0.152. The zero-order chi connectivity index (χ0) is 19.9. The number of amides is 2. The highest BCUT2D eigenvalue weighted by atomic mass is 32.2. The number of aliphatic carboxylic acids is 1. The van der Waals surface area contributed by atoms with Crippen molar-refractivity contribution < 1.29 is 29.0 Å². The third-order valence-electron chi connectivity index (χ3n) is 3.91. The molecular formula is C15H16N4O6S2. The van der Waals surface area contributed by atoms with Crippen LogP contribution in [0.25, 0.3) is 0 Å². The van der Waals surface area contributed by atoms with Crippen LogP contribution >= 0.6 is 23.1 Å². The minimum absolute atomic E-state index is 0.0370. The molecular weight excluding hydrogens is 396 g/mol. The van der Waals surface area contributed by atoms with Crippen LogP contribution in [0.4, 0.5) is 5.13 Å². The van der Waals surface area contributed by atoms with Crippen molar-refractivity contribution in [3.63, 3.8) is 0 Å². The average molecular weight is 412 g/mol. The Morgan fingerprint density at radius 3 is 2.70 bits per heavy atom. The molecule has 1 saturated heterocycles. The van der Waals surface area contributed by atoms with Crippen LogP contribution in [0.1, 0.15) is 19.5 Å². The summed E-state index contributed by atoms with van der Waals surface area (Å²) in [6.45, 7) is 2.82. The van der Waals surface area contributed by atoms with Crippen molar-refractivity contribution in [2.24, 2.45) is 0 Å². The van der Waals surface area contributed by atoms with Gasteiger partial charge >= 0.3 is 11.9 Å². The number of carbonyl (C=O) groups excluding carboxylic acids is 3. The molecule has 2 amide bonds. The second-order valence-electron chi connectivity index (χ2n) is 5.89. The Kier molecular flexibility index (Phi) is 5.11. The zero-order valence-corrected chi connectivity index (χ0v) is 15.9. The number of ether oxygens (including phenoxy) is 1. The van der Waals surface area contributed by atoms with E-state index in [0.717, 1.165) is 11.8 Å². The first-order chi connectivity index (χ1) is 12.7. The largest absolute Gasteiger partial charge is 0.476 e. The topological polar surface area (TPSA) is 152 Å². The van der Waals surface area contributed by atoms with E-state index in [4.69, 9.17) is 10.5 Å². The first-order valence-corrected chi connectivity index (χ1v) is 9.65. The number of hydrogen-bond acceptors (Lipinski definition) is 9. The molecule has 0 radical (unpaired) electrons. The van der Waals surface area contributed by atoms with E-state index in [2.05, 4.69) is 10.3 Å². The number of carbonyl (C=O) groups is 4. The highest BCUT2D eigenvalue weighted by Crippen LogP contribution is 2.44. The molecule has 2 unspecified atom stereocenters. The Bertz CT molecular complexity index is 866. The smallest absolute Gasteiger partial charge is 0.356 e. The molecule has 0 spiro atoms. The predicted molar refractivity (Wildman–Crippen MR) is 96.3 cm³/mol. The SMILES string of the molecule is CC(=O)OC1=C(C(=O)O)N2C(=O)C(NC(=O)Cc3csc(N)n3)[C@H]2SC1C. The lowest BCUT2D eigenvalue weighted by atomic mass is 10.0. The number of rotatable bonds is 5. The second kappa shape index (κ2) is 7.19. The van der Waals surface area contributed by atoms with Gasteiger partial charge in [-0.15, -0.1) is 23.1 Å². The van der Waals surface area contributed by atoms with Crippen molar-refractivity contribution >= 4 is 52.0 Å². The molecule has 1 fully saturated rings. The summed E-state index contributed by atoms with van der Waals surface area (Å²) < 4.78 is 5.01. The highest BCUT2D eigenvalue weighted by Gasteiger charge is 2.56. The molecule has 0 bridgehead atoms. The third kappa shape index (κ3) is 3.62. The number of thioether (sulfide) groups is 1. The molecule has 1 aromatic rings. The number of carboxylic acid groups (broad SMARTS) is 1.